The molecule has 0 spiro atoms. The summed E-state index contributed by atoms with van der Waals surface area (Å²) in [7, 11) is 0. The van der Waals surface area contributed by atoms with Crippen LogP contribution in [-0.2, 0) is 4.79 Å². The Bertz CT molecular complexity index is 602. The summed E-state index contributed by atoms with van der Waals surface area (Å²) in [5, 5.41) is 0. The molecule has 1 aromatic carbocycles. The second kappa shape index (κ2) is 5.30. The van der Waals surface area contributed by atoms with E-state index in [1.54, 1.807) is 6.07 Å². The average molecular weight is 308 g/mol. The molecule has 2 aliphatic rings. The molecule has 0 aromatic heterocycles. The van der Waals surface area contributed by atoms with Crippen molar-refractivity contribution in [3.8, 4) is 0 Å². The zero-order chi connectivity index (χ0) is 16.1. The maximum absolute atomic E-state index is 13.8. The lowest BCUT2D eigenvalue weighted by atomic mass is 9.79. The van der Waals surface area contributed by atoms with Crippen molar-refractivity contribution in [3.63, 3.8) is 0 Å². The lowest BCUT2D eigenvalue weighted by Crippen LogP contribution is -2.54. The van der Waals surface area contributed by atoms with Crippen molar-refractivity contribution < 1.29 is 13.6 Å². The van der Waals surface area contributed by atoms with E-state index in [1.807, 2.05) is 4.90 Å². The minimum atomic E-state index is -0.847. The fourth-order valence-corrected chi connectivity index (χ4v) is 3.41. The van der Waals surface area contributed by atoms with Gasteiger partial charge in [-0.05, 0) is 35.8 Å². The van der Waals surface area contributed by atoms with Crippen LogP contribution in [0, 0.1) is 23.0 Å². The van der Waals surface area contributed by atoms with Crippen LogP contribution in [0.2, 0.25) is 0 Å². The molecular formula is C17H22F2N2O. The van der Waals surface area contributed by atoms with Crippen molar-refractivity contribution in [2.24, 2.45) is 17.1 Å². The number of nitrogens with zero attached hydrogens (tertiary/aromatic N) is 1. The number of amides is 1. The molecule has 0 radical (unpaired) electrons. The molecule has 0 bridgehead atoms. The van der Waals surface area contributed by atoms with Crippen molar-refractivity contribution in [1.29, 1.82) is 0 Å². The van der Waals surface area contributed by atoms with Gasteiger partial charge in [0.15, 0.2) is 11.6 Å². The standard InChI is InChI=1S/C17H22F2N2O/c1-17(2)9-21(7-6-14(17)20)16(22)12-8-11(12)10-4-3-5-13(18)15(10)19/h3-5,11-12,14H,6-9,20H2,1-2H3. The molecule has 3 nitrogen and oxygen atoms in total. The van der Waals surface area contributed by atoms with Gasteiger partial charge in [-0.1, -0.05) is 26.0 Å². The molecule has 1 aromatic rings. The smallest absolute Gasteiger partial charge is 0.226 e. The van der Waals surface area contributed by atoms with Crippen LogP contribution in [0.1, 0.15) is 38.2 Å². The molecule has 1 aliphatic carbocycles. The summed E-state index contributed by atoms with van der Waals surface area (Å²) < 4.78 is 27.1. The maximum atomic E-state index is 13.8. The van der Waals surface area contributed by atoms with Crippen LogP contribution >= 0.6 is 0 Å². The summed E-state index contributed by atoms with van der Waals surface area (Å²) in [5.41, 5.74) is 6.31. The van der Waals surface area contributed by atoms with Crippen LogP contribution in [0.5, 0.6) is 0 Å². The van der Waals surface area contributed by atoms with Crippen LogP contribution in [0.25, 0.3) is 0 Å². The first kappa shape index (κ1) is 15.4. The Labute approximate surface area is 129 Å². The summed E-state index contributed by atoms with van der Waals surface area (Å²) in [6.07, 6.45) is 1.38. The van der Waals surface area contributed by atoms with Crippen molar-refractivity contribution >= 4 is 5.91 Å². The minimum absolute atomic E-state index is 0.0497. The molecule has 1 saturated carbocycles. The average Bonchev–Trinajstić information content (AvgIpc) is 3.24. The van der Waals surface area contributed by atoms with Gasteiger partial charge in [-0.3, -0.25) is 4.79 Å². The number of likely N-dealkylation sites (tertiary alicyclic amines) is 1. The molecule has 120 valence electrons. The predicted molar refractivity (Wildman–Crippen MR) is 80.2 cm³/mol. The topological polar surface area (TPSA) is 46.3 Å². The largest absolute Gasteiger partial charge is 0.342 e. The van der Waals surface area contributed by atoms with Crippen LogP contribution in [0.15, 0.2) is 18.2 Å². The molecule has 1 aliphatic heterocycles. The number of carbonyl (C=O) groups is 1. The van der Waals surface area contributed by atoms with E-state index in [4.69, 9.17) is 5.73 Å². The fraction of sp³-hybridized carbons (Fsp3) is 0.588. The molecule has 3 unspecified atom stereocenters. The van der Waals surface area contributed by atoms with Gasteiger partial charge in [0.25, 0.3) is 0 Å². The second-order valence-electron chi connectivity index (χ2n) is 7.24. The maximum Gasteiger partial charge on any atom is 0.226 e. The lowest BCUT2D eigenvalue weighted by molar-refractivity contribution is -0.136. The highest BCUT2D eigenvalue weighted by Gasteiger charge is 2.48. The van der Waals surface area contributed by atoms with Crippen molar-refractivity contribution in [3.05, 3.63) is 35.4 Å². The van der Waals surface area contributed by atoms with E-state index < -0.39 is 11.6 Å². The molecule has 2 fully saturated rings. The third-order valence-corrected chi connectivity index (χ3v) is 5.11. The normalized spacial score (nSPS) is 30.2. The first-order valence-corrected chi connectivity index (χ1v) is 7.79. The van der Waals surface area contributed by atoms with Crippen LogP contribution in [0.3, 0.4) is 0 Å². The number of halogens is 2. The van der Waals surface area contributed by atoms with E-state index in [0.717, 1.165) is 12.5 Å². The Morgan fingerprint density at radius 2 is 2.09 bits per heavy atom. The van der Waals surface area contributed by atoms with Gasteiger partial charge in [-0.25, -0.2) is 8.78 Å². The number of rotatable bonds is 2. The zero-order valence-electron chi connectivity index (χ0n) is 13.0. The highest BCUT2D eigenvalue weighted by atomic mass is 19.2. The molecule has 1 saturated heterocycles. The monoisotopic (exact) mass is 308 g/mol. The summed E-state index contributed by atoms with van der Waals surface area (Å²) in [6, 6.07) is 4.27. The van der Waals surface area contributed by atoms with Gasteiger partial charge in [0.2, 0.25) is 5.91 Å². The van der Waals surface area contributed by atoms with E-state index in [0.29, 0.717) is 25.1 Å². The molecule has 1 amide bonds. The molecule has 22 heavy (non-hydrogen) atoms. The van der Waals surface area contributed by atoms with E-state index in [9.17, 15) is 13.6 Å². The molecule has 3 atom stereocenters. The predicted octanol–water partition coefficient (Wildman–Crippen LogP) is 2.65. The van der Waals surface area contributed by atoms with Crippen LogP contribution in [0.4, 0.5) is 8.78 Å². The first-order valence-electron chi connectivity index (χ1n) is 7.79. The number of hydrogen-bond donors (Lipinski definition) is 1. The number of piperidine rings is 1. The van der Waals surface area contributed by atoms with E-state index in [2.05, 4.69) is 13.8 Å². The number of carbonyl (C=O) groups excluding carboxylic acids is 1. The second-order valence-corrected chi connectivity index (χ2v) is 7.24. The van der Waals surface area contributed by atoms with Gasteiger partial charge in [0.1, 0.15) is 0 Å². The van der Waals surface area contributed by atoms with Gasteiger partial charge < -0.3 is 10.6 Å². The SMILES string of the molecule is CC1(C)CN(C(=O)C2CC2c2cccc(F)c2F)CCC1N. The summed E-state index contributed by atoms with van der Waals surface area (Å²) in [5.74, 6) is -2.03. The number of benzene rings is 1. The van der Waals surface area contributed by atoms with Gasteiger partial charge in [0, 0.05) is 25.0 Å². The summed E-state index contributed by atoms with van der Waals surface area (Å²) in [6.45, 7) is 5.40. The summed E-state index contributed by atoms with van der Waals surface area (Å²) in [4.78, 5) is 14.4. The van der Waals surface area contributed by atoms with E-state index in [1.165, 1.54) is 6.07 Å². The Morgan fingerprint density at radius 1 is 1.36 bits per heavy atom. The van der Waals surface area contributed by atoms with Gasteiger partial charge in [-0.15, -0.1) is 0 Å². The molecular weight excluding hydrogens is 286 g/mol. The molecule has 2 N–H and O–H groups in total. The Kier molecular flexibility index (Phi) is 3.71. The zero-order valence-corrected chi connectivity index (χ0v) is 13.0. The lowest BCUT2D eigenvalue weighted by Gasteiger charge is -2.42. The highest BCUT2D eigenvalue weighted by molar-refractivity contribution is 5.83. The molecule has 3 rings (SSSR count). The van der Waals surface area contributed by atoms with Crippen molar-refractivity contribution in [1.82, 2.24) is 4.90 Å². The van der Waals surface area contributed by atoms with Crippen molar-refractivity contribution in [2.75, 3.05) is 13.1 Å². The number of nitrogens with two attached hydrogens (primary N) is 1. The quantitative estimate of drug-likeness (QED) is 0.913. The van der Waals surface area contributed by atoms with E-state index >= 15 is 0 Å². The third-order valence-electron chi connectivity index (χ3n) is 5.11. The van der Waals surface area contributed by atoms with Gasteiger partial charge >= 0.3 is 0 Å². The fourth-order valence-electron chi connectivity index (χ4n) is 3.41. The first-order chi connectivity index (χ1) is 10.3. The van der Waals surface area contributed by atoms with Gasteiger partial charge in [0.05, 0.1) is 0 Å². The highest BCUT2D eigenvalue weighted by Crippen LogP contribution is 2.50. The Balaban J connectivity index is 1.70. The minimum Gasteiger partial charge on any atom is -0.342 e. The third kappa shape index (κ3) is 2.62. The van der Waals surface area contributed by atoms with Gasteiger partial charge in [-0.2, -0.15) is 0 Å². The Morgan fingerprint density at radius 3 is 2.77 bits per heavy atom. The molecule has 5 heteroatoms. The van der Waals surface area contributed by atoms with Crippen LogP contribution in [-0.4, -0.2) is 29.9 Å². The summed E-state index contributed by atoms with van der Waals surface area (Å²) >= 11 is 0. The van der Waals surface area contributed by atoms with Crippen molar-refractivity contribution in [2.45, 2.75) is 38.6 Å². The van der Waals surface area contributed by atoms with E-state index in [-0.39, 0.29) is 29.2 Å². The number of hydrogen-bond acceptors (Lipinski definition) is 2. The Hall–Kier alpha value is -1.49. The van der Waals surface area contributed by atoms with Crippen LogP contribution < -0.4 is 5.73 Å². The molecule has 1 heterocycles.